The summed E-state index contributed by atoms with van der Waals surface area (Å²) in [7, 11) is 0. The summed E-state index contributed by atoms with van der Waals surface area (Å²) < 4.78 is 49.1. The van der Waals surface area contributed by atoms with E-state index in [1.807, 2.05) is 0 Å². The predicted molar refractivity (Wildman–Crippen MR) is 90.1 cm³/mol. The van der Waals surface area contributed by atoms with Crippen molar-refractivity contribution in [1.82, 2.24) is 0 Å². The van der Waals surface area contributed by atoms with Gasteiger partial charge in [0.05, 0.1) is 17.2 Å². The van der Waals surface area contributed by atoms with E-state index >= 15 is 0 Å². The van der Waals surface area contributed by atoms with Crippen LogP contribution in [0.5, 0.6) is 17.2 Å². The molecule has 0 aliphatic rings. The monoisotopic (exact) mass is 388 g/mol. The average molecular weight is 389 g/mol. The molecule has 26 heavy (non-hydrogen) atoms. The van der Waals surface area contributed by atoms with E-state index in [4.69, 9.17) is 26.2 Å². The Labute approximate surface area is 153 Å². The number of hydrogen-bond acceptors (Lipinski definition) is 3. The molecule has 0 fully saturated rings. The van der Waals surface area contributed by atoms with Crippen LogP contribution in [0.2, 0.25) is 5.02 Å². The molecule has 0 saturated carbocycles. The van der Waals surface area contributed by atoms with Crippen LogP contribution in [0, 0.1) is 0 Å². The second-order valence-corrected chi connectivity index (χ2v) is 5.75. The maximum atomic E-state index is 12.7. The van der Waals surface area contributed by atoms with Crippen molar-refractivity contribution in [2.24, 2.45) is 0 Å². The van der Waals surface area contributed by atoms with Gasteiger partial charge in [-0.2, -0.15) is 13.2 Å². The first-order valence-electron chi connectivity index (χ1n) is 7.72. The summed E-state index contributed by atoms with van der Waals surface area (Å²) in [6.45, 7) is 2.14. The van der Waals surface area contributed by atoms with Gasteiger partial charge in [-0.15, -0.1) is 0 Å². The molecule has 0 aliphatic carbocycles. The SMILES string of the molecule is CCOc1cc(Oc2ccc(C(F)(F)F)cc2Cl)ccc1CCC(=O)O. The zero-order valence-electron chi connectivity index (χ0n) is 13.8. The highest BCUT2D eigenvalue weighted by atomic mass is 35.5. The van der Waals surface area contributed by atoms with Gasteiger partial charge in [-0.05, 0) is 43.2 Å². The van der Waals surface area contributed by atoms with Gasteiger partial charge in [-0.1, -0.05) is 17.7 Å². The molecular formula is C18H16ClF3O4. The summed E-state index contributed by atoms with van der Waals surface area (Å²) in [5, 5.41) is 8.62. The molecular weight excluding hydrogens is 373 g/mol. The Morgan fingerprint density at radius 3 is 2.46 bits per heavy atom. The third-order valence-corrected chi connectivity index (χ3v) is 3.73. The van der Waals surface area contributed by atoms with Crippen molar-refractivity contribution >= 4 is 17.6 Å². The van der Waals surface area contributed by atoms with Gasteiger partial charge >= 0.3 is 12.1 Å². The first-order chi connectivity index (χ1) is 12.2. The van der Waals surface area contributed by atoms with E-state index in [1.54, 1.807) is 25.1 Å². The molecule has 0 saturated heterocycles. The molecule has 0 aliphatic heterocycles. The number of rotatable bonds is 7. The predicted octanol–water partition coefficient (Wildman–Crippen LogP) is 5.57. The summed E-state index contributed by atoms with van der Waals surface area (Å²) in [5.41, 5.74) is -0.172. The van der Waals surface area contributed by atoms with Crippen molar-refractivity contribution in [3.05, 3.63) is 52.5 Å². The number of ether oxygens (including phenoxy) is 2. The summed E-state index contributed by atoms with van der Waals surface area (Å²) in [4.78, 5) is 10.7. The Balaban J connectivity index is 2.24. The molecule has 0 unspecified atom stereocenters. The Hall–Kier alpha value is -2.41. The van der Waals surface area contributed by atoms with Gasteiger partial charge in [-0.3, -0.25) is 4.79 Å². The summed E-state index contributed by atoms with van der Waals surface area (Å²) in [5.74, 6) is -0.0896. The van der Waals surface area contributed by atoms with E-state index < -0.39 is 17.7 Å². The highest BCUT2D eigenvalue weighted by Gasteiger charge is 2.31. The topological polar surface area (TPSA) is 55.8 Å². The van der Waals surface area contributed by atoms with Gasteiger partial charge < -0.3 is 14.6 Å². The third-order valence-electron chi connectivity index (χ3n) is 3.43. The van der Waals surface area contributed by atoms with Gasteiger partial charge in [0.1, 0.15) is 17.2 Å². The molecule has 0 amide bonds. The number of aliphatic carboxylic acids is 1. The minimum absolute atomic E-state index is 0.0506. The van der Waals surface area contributed by atoms with Crippen LogP contribution in [0.15, 0.2) is 36.4 Å². The standard InChI is InChI=1S/C18H16ClF3O4/c1-2-25-16-10-13(6-3-11(16)4-8-17(23)24)26-15-7-5-12(9-14(15)19)18(20,21)22/h3,5-7,9-10H,2,4,8H2,1H3,(H,23,24). The van der Waals surface area contributed by atoms with Crippen molar-refractivity contribution in [1.29, 1.82) is 0 Å². The van der Waals surface area contributed by atoms with Crippen molar-refractivity contribution in [2.45, 2.75) is 25.9 Å². The molecule has 4 nitrogen and oxygen atoms in total. The van der Waals surface area contributed by atoms with E-state index in [1.165, 1.54) is 0 Å². The van der Waals surface area contributed by atoms with Crippen LogP contribution in [-0.4, -0.2) is 17.7 Å². The van der Waals surface area contributed by atoms with Crippen molar-refractivity contribution in [2.75, 3.05) is 6.61 Å². The maximum Gasteiger partial charge on any atom is 0.416 e. The number of benzene rings is 2. The number of aryl methyl sites for hydroxylation is 1. The number of carboxylic acid groups (broad SMARTS) is 1. The fourth-order valence-corrected chi connectivity index (χ4v) is 2.44. The van der Waals surface area contributed by atoms with Crippen molar-refractivity contribution in [3.63, 3.8) is 0 Å². The van der Waals surface area contributed by atoms with Gasteiger partial charge in [0, 0.05) is 12.5 Å². The van der Waals surface area contributed by atoms with E-state index in [2.05, 4.69) is 0 Å². The van der Waals surface area contributed by atoms with E-state index in [0.29, 0.717) is 23.7 Å². The fourth-order valence-electron chi connectivity index (χ4n) is 2.22. The lowest BCUT2D eigenvalue weighted by molar-refractivity contribution is -0.138. The molecule has 0 heterocycles. The largest absolute Gasteiger partial charge is 0.493 e. The van der Waals surface area contributed by atoms with Gasteiger partial charge in [-0.25, -0.2) is 0 Å². The molecule has 0 radical (unpaired) electrons. The lowest BCUT2D eigenvalue weighted by Crippen LogP contribution is -2.04. The molecule has 0 spiro atoms. The number of halogens is 4. The molecule has 140 valence electrons. The molecule has 0 atom stereocenters. The number of alkyl halides is 3. The van der Waals surface area contributed by atoms with Gasteiger partial charge in [0.25, 0.3) is 0 Å². The summed E-state index contributed by atoms with van der Waals surface area (Å²) in [6, 6.07) is 7.60. The first-order valence-corrected chi connectivity index (χ1v) is 8.10. The van der Waals surface area contributed by atoms with Crippen LogP contribution >= 0.6 is 11.6 Å². The Kier molecular flexibility index (Phi) is 6.37. The van der Waals surface area contributed by atoms with Crippen molar-refractivity contribution < 1.29 is 32.5 Å². The fraction of sp³-hybridized carbons (Fsp3) is 0.278. The highest BCUT2D eigenvalue weighted by Crippen LogP contribution is 2.37. The first kappa shape index (κ1) is 19.9. The van der Waals surface area contributed by atoms with E-state index in [9.17, 15) is 18.0 Å². The minimum atomic E-state index is -4.49. The lowest BCUT2D eigenvalue weighted by Gasteiger charge is -2.14. The van der Waals surface area contributed by atoms with E-state index in [0.717, 1.165) is 18.2 Å². The van der Waals surface area contributed by atoms with Crippen LogP contribution in [0.25, 0.3) is 0 Å². The van der Waals surface area contributed by atoms with Gasteiger partial charge in [0.15, 0.2) is 0 Å². The van der Waals surface area contributed by atoms with Crippen LogP contribution in [-0.2, 0) is 17.4 Å². The van der Waals surface area contributed by atoms with Crippen LogP contribution in [0.1, 0.15) is 24.5 Å². The van der Waals surface area contributed by atoms with Crippen LogP contribution in [0.3, 0.4) is 0 Å². The summed E-state index contributed by atoms with van der Waals surface area (Å²) in [6.07, 6.45) is -4.26. The van der Waals surface area contributed by atoms with E-state index in [-0.39, 0.29) is 23.6 Å². The smallest absolute Gasteiger partial charge is 0.416 e. The zero-order chi connectivity index (χ0) is 19.3. The third kappa shape index (κ3) is 5.29. The summed E-state index contributed by atoms with van der Waals surface area (Å²) >= 11 is 5.88. The number of hydrogen-bond donors (Lipinski definition) is 1. The molecule has 2 aromatic carbocycles. The van der Waals surface area contributed by atoms with Crippen LogP contribution in [0.4, 0.5) is 13.2 Å². The quantitative estimate of drug-likeness (QED) is 0.674. The molecule has 0 aromatic heterocycles. The Bertz CT molecular complexity index is 790. The second-order valence-electron chi connectivity index (χ2n) is 5.34. The maximum absolute atomic E-state index is 12.7. The van der Waals surface area contributed by atoms with Crippen LogP contribution < -0.4 is 9.47 Å². The lowest BCUT2D eigenvalue weighted by atomic mass is 10.1. The Morgan fingerprint density at radius 1 is 1.15 bits per heavy atom. The number of carboxylic acids is 1. The average Bonchev–Trinajstić information content (AvgIpc) is 2.55. The molecule has 8 heteroatoms. The highest BCUT2D eigenvalue weighted by molar-refractivity contribution is 6.32. The molecule has 2 rings (SSSR count). The zero-order valence-corrected chi connectivity index (χ0v) is 14.5. The number of carbonyl (C=O) groups is 1. The normalized spacial score (nSPS) is 11.3. The molecule has 1 N–H and O–H groups in total. The Morgan fingerprint density at radius 2 is 1.88 bits per heavy atom. The molecule has 2 aromatic rings. The molecule has 0 bridgehead atoms. The second kappa shape index (κ2) is 8.31. The van der Waals surface area contributed by atoms with Crippen molar-refractivity contribution in [3.8, 4) is 17.2 Å². The van der Waals surface area contributed by atoms with Gasteiger partial charge in [0.2, 0.25) is 0 Å². The minimum Gasteiger partial charge on any atom is -0.493 e.